The standard InChI is InChI=1S/C19H15FN4O3/c1-9(18(21)25)22-19(26)11-6-7-12-15(16(11)20)17(24-23-12)14-8-10-4-2-3-5-13(10)27-14/h2-9H,1H3,(H2,21,25)(H,22,26)(H,23,24). The van der Waals surface area contributed by atoms with Crippen LogP contribution in [0.25, 0.3) is 33.3 Å². The van der Waals surface area contributed by atoms with Gasteiger partial charge in [-0.15, -0.1) is 0 Å². The van der Waals surface area contributed by atoms with Crippen LogP contribution in [-0.2, 0) is 4.79 Å². The second-order valence-corrected chi connectivity index (χ2v) is 6.17. The van der Waals surface area contributed by atoms with E-state index in [0.717, 1.165) is 5.39 Å². The molecule has 2 heterocycles. The van der Waals surface area contributed by atoms with Crippen molar-refractivity contribution in [2.75, 3.05) is 0 Å². The molecule has 0 saturated carbocycles. The summed E-state index contributed by atoms with van der Waals surface area (Å²) in [6, 6.07) is 11.1. The Bertz CT molecular complexity index is 1160. The Kier molecular flexibility index (Phi) is 3.88. The van der Waals surface area contributed by atoms with Crippen LogP contribution in [0.2, 0.25) is 0 Å². The van der Waals surface area contributed by atoms with E-state index in [1.54, 1.807) is 18.2 Å². The first-order valence-electron chi connectivity index (χ1n) is 8.21. The first kappa shape index (κ1) is 16.8. The lowest BCUT2D eigenvalue weighted by atomic mass is 10.1. The smallest absolute Gasteiger partial charge is 0.254 e. The van der Waals surface area contributed by atoms with Crippen molar-refractivity contribution in [3.05, 3.63) is 53.8 Å². The van der Waals surface area contributed by atoms with E-state index in [1.165, 1.54) is 13.0 Å². The summed E-state index contributed by atoms with van der Waals surface area (Å²) < 4.78 is 20.9. The fourth-order valence-electron chi connectivity index (χ4n) is 2.87. The first-order valence-corrected chi connectivity index (χ1v) is 8.21. The first-order chi connectivity index (χ1) is 13.0. The number of nitrogens with two attached hydrogens (primary N) is 1. The van der Waals surface area contributed by atoms with Gasteiger partial charge in [0.2, 0.25) is 5.91 Å². The number of carbonyl (C=O) groups excluding carboxylic acids is 2. The second kappa shape index (κ2) is 6.24. The molecule has 0 radical (unpaired) electrons. The van der Waals surface area contributed by atoms with Crippen LogP contribution in [0.15, 0.2) is 46.9 Å². The lowest BCUT2D eigenvalue weighted by Gasteiger charge is -2.11. The summed E-state index contributed by atoms with van der Waals surface area (Å²) in [6.07, 6.45) is 0. The number of nitrogens with zero attached hydrogens (tertiary/aromatic N) is 1. The molecule has 0 bridgehead atoms. The number of H-pyrrole nitrogens is 1. The Hall–Kier alpha value is -3.68. The molecule has 0 saturated heterocycles. The summed E-state index contributed by atoms with van der Waals surface area (Å²) in [4.78, 5) is 23.5. The molecular weight excluding hydrogens is 351 g/mol. The average Bonchev–Trinajstić information content (AvgIpc) is 3.25. The molecule has 2 aromatic heterocycles. The molecule has 2 aromatic carbocycles. The third kappa shape index (κ3) is 2.80. The molecule has 2 amide bonds. The number of fused-ring (bicyclic) bond motifs is 2. The molecule has 136 valence electrons. The van der Waals surface area contributed by atoms with Crippen molar-refractivity contribution >= 4 is 33.7 Å². The van der Waals surface area contributed by atoms with Crippen molar-refractivity contribution in [2.45, 2.75) is 13.0 Å². The van der Waals surface area contributed by atoms with Gasteiger partial charge < -0.3 is 15.5 Å². The van der Waals surface area contributed by atoms with Crippen LogP contribution in [0, 0.1) is 5.82 Å². The Morgan fingerprint density at radius 2 is 2.04 bits per heavy atom. The molecule has 27 heavy (non-hydrogen) atoms. The zero-order valence-corrected chi connectivity index (χ0v) is 14.2. The summed E-state index contributed by atoms with van der Waals surface area (Å²) >= 11 is 0. The van der Waals surface area contributed by atoms with E-state index in [0.29, 0.717) is 16.9 Å². The van der Waals surface area contributed by atoms with Crippen LogP contribution >= 0.6 is 0 Å². The fourth-order valence-corrected chi connectivity index (χ4v) is 2.87. The number of primary amides is 1. The number of amides is 2. The number of furan rings is 1. The van der Waals surface area contributed by atoms with E-state index < -0.39 is 23.7 Å². The number of para-hydroxylation sites is 1. The van der Waals surface area contributed by atoms with Crippen LogP contribution in [0.4, 0.5) is 4.39 Å². The second-order valence-electron chi connectivity index (χ2n) is 6.17. The predicted octanol–water partition coefficient (Wildman–Crippen LogP) is 2.72. The normalized spacial score (nSPS) is 12.4. The quantitative estimate of drug-likeness (QED) is 0.515. The Morgan fingerprint density at radius 1 is 1.26 bits per heavy atom. The lowest BCUT2D eigenvalue weighted by Crippen LogP contribution is -2.42. The molecule has 0 aliphatic rings. The number of hydrogen-bond acceptors (Lipinski definition) is 4. The molecule has 0 spiro atoms. The third-order valence-corrected chi connectivity index (χ3v) is 4.34. The number of hydrogen-bond donors (Lipinski definition) is 3. The number of nitrogens with one attached hydrogen (secondary N) is 2. The van der Waals surface area contributed by atoms with Crippen molar-refractivity contribution in [3.63, 3.8) is 0 Å². The molecule has 0 aliphatic carbocycles. The van der Waals surface area contributed by atoms with Gasteiger partial charge in [0.25, 0.3) is 5.91 Å². The van der Waals surface area contributed by atoms with Crippen molar-refractivity contribution in [1.82, 2.24) is 15.5 Å². The summed E-state index contributed by atoms with van der Waals surface area (Å²) in [5, 5.41) is 10.2. The fraction of sp³-hybridized carbons (Fsp3) is 0.105. The van der Waals surface area contributed by atoms with Gasteiger partial charge in [-0.25, -0.2) is 4.39 Å². The maximum absolute atomic E-state index is 15.1. The van der Waals surface area contributed by atoms with Crippen LogP contribution in [-0.4, -0.2) is 28.1 Å². The maximum atomic E-state index is 15.1. The highest BCUT2D eigenvalue weighted by atomic mass is 19.1. The van der Waals surface area contributed by atoms with Crippen molar-refractivity contribution in [3.8, 4) is 11.5 Å². The minimum Gasteiger partial charge on any atom is -0.454 e. The number of carbonyl (C=O) groups is 2. The Labute approximate surface area is 152 Å². The van der Waals surface area contributed by atoms with Crippen LogP contribution in [0.1, 0.15) is 17.3 Å². The van der Waals surface area contributed by atoms with Crippen molar-refractivity contribution in [2.24, 2.45) is 5.73 Å². The van der Waals surface area contributed by atoms with E-state index in [2.05, 4.69) is 15.5 Å². The molecule has 8 heteroatoms. The van der Waals surface area contributed by atoms with E-state index in [-0.39, 0.29) is 16.6 Å². The molecule has 4 N–H and O–H groups in total. The van der Waals surface area contributed by atoms with Crippen molar-refractivity contribution in [1.29, 1.82) is 0 Å². The molecule has 1 atom stereocenters. The number of benzene rings is 2. The van der Waals surface area contributed by atoms with Crippen LogP contribution in [0.3, 0.4) is 0 Å². The molecule has 4 rings (SSSR count). The minimum atomic E-state index is -0.924. The third-order valence-electron chi connectivity index (χ3n) is 4.34. The number of rotatable bonds is 4. The van der Waals surface area contributed by atoms with Gasteiger partial charge in [0.15, 0.2) is 5.76 Å². The Balaban J connectivity index is 1.82. The topological polar surface area (TPSA) is 114 Å². The molecular formula is C19H15FN4O3. The van der Waals surface area contributed by atoms with Gasteiger partial charge in [0.1, 0.15) is 23.1 Å². The molecule has 1 unspecified atom stereocenters. The van der Waals surface area contributed by atoms with E-state index in [1.807, 2.05) is 18.2 Å². The van der Waals surface area contributed by atoms with E-state index >= 15 is 4.39 Å². The summed E-state index contributed by atoms with van der Waals surface area (Å²) in [7, 11) is 0. The minimum absolute atomic E-state index is 0.133. The van der Waals surface area contributed by atoms with Gasteiger partial charge in [-0.2, -0.15) is 5.10 Å². The van der Waals surface area contributed by atoms with E-state index in [4.69, 9.17) is 10.2 Å². The molecule has 0 aliphatic heterocycles. The maximum Gasteiger partial charge on any atom is 0.254 e. The van der Waals surface area contributed by atoms with Gasteiger partial charge in [-0.05, 0) is 31.2 Å². The molecule has 4 aromatic rings. The monoisotopic (exact) mass is 366 g/mol. The zero-order chi connectivity index (χ0) is 19.1. The lowest BCUT2D eigenvalue weighted by molar-refractivity contribution is -0.119. The summed E-state index contributed by atoms with van der Waals surface area (Å²) in [5.74, 6) is -1.83. The molecule has 0 fully saturated rings. The SMILES string of the molecule is CC(NC(=O)c1ccc2[nH]nc(-c3cc4ccccc4o3)c2c1F)C(N)=O. The highest BCUT2D eigenvalue weighted by Gasteiger charge is 2.23. The summed E-state index contributed by atoms with van der Waals surface area (Å²) in [5.41, 5.74) is 6.25. The number of aromatic amines is 1. The highest BCUT2D eigenvalue weighted by Crippen LogP contribution is 2.33. The molecule has 7 nitrogen and oxygen atoms in total. The summed E-state index contributed by atoms with van der Waals surface area (Å²) in [6.45, 7) is 1.42. The highest BCUT2D eigenvalue weighted by molar-refractivity contribution is 6.03. The van der Waals surface area contributed by atoms with E-state index in [9.17, 15) is 9.59 Å². The average molecular weight is 366 g/mol. The number of halogens is 1. The predicted molar refractivity (Wildman–Crippen MR) is 97.4 cm³/mol. The van der Waals surface area contributed by atoms with Gasteiger partial charge in [0.05, 0.1) is 16.5 Å². The van der Waals surface area contributed by atoms with Gasteiger partial charge in [-0.1, -0.05) is 18.2 Å². The van der Waals surface area contributed by atoms with Gasteiger partial charge >= 0.3 is 0 Å². The number of aromatic nitrogens is 2. The van der Waals surface area contributed by atoms with Crippen LogP contribution in [0.5, 0.6) is 0 Å². The van der Waals surface area contributed by atoms with Gasteiger partial charge in [0, 0.05) is 5.39 Å². The zero-order valence-electron chi connectivity index (χ0n) is 14.2. The van der Waals surface area contributed by atoms with Crippen LogP contribution < -0.4 is 11.1 Å². The largest absolute Gasteiger partial charge is 0.454 e. The van der Waals surface area contributed by atoms with Gasteiger partial charge in [-0.3, -0.25) is 14.7 Å². The van der Waals surface area contributed by atoms with Crippen molar-refractivity contribution < 1.29 is 18.4 Å². The Morgan fingerprint density at radius 3 is 2.78 bits per heavy atom.